The van der Waals surface area contributed by atoms with Crippen molar-refractivity contribution in [2.45, 2.75) is 26.1 Å². The molecule has 2 atom stereocenters. The van der Waals surface area contributed by atoms with Gasteiger partial charge in [-0.15, -0.1) is 0 Å². The SMILES string of the molecule is COc1cc([C@@H](O)[C@@H](C)OC(C)=O)cc(OC)c1OC. The number of hydrogen-bond donors (Lipinski definition) is 1. The summed E-state index contributed by atoms with van der Waals surface area (Å²) < 4.78 is 20.6. The van der Waals surface area contributed by atoms with Crippen molar-refractivity contribution in [3.8, 4) is 17.2 Å². The van der Waals surface area contributed by atoms with Gasteiger partial charge in [-0.1, -0.05) is 0 Å². The maximum absolute atomic E-state index is 10.9. The quantitative estimate of drug-likeness (QED) is 0.801. The molecule has 0 aliphatic carbocycles. The van der Waals surface area contributed by atoms with Gasteiger partial charge in [0.1, 0.15) is 12.2 Å². The molecule has 0 saturated carbocycles. The van der Waals surface area contributed by atoms with Crippen LogP contribution in [0.4, 0.5) is 0 Å². The lowest BCUT2D eigenvalue weighted by Crippen LogP contribution is -2.21. The predicted molar refractivity (Wildman–Crippen MR) is 72.3 cm³/mol. The van der Waals surface area contributed by atoms with E-state index in [1.54, 1.807) is 19.1 Å². The van der Waals surface area contributed by atoms with Gasteiger partial charge in [-0.2, -0.15) is 0 Å². The van der Waals surface area contributed by atoms with Crippen LogP contribution in [0.3, 0.4) is 0 Å². The van der Waals surface area contributed by atoms with Crippen LogP contribution in [0.5, 0.6) is 17.2 Å². The normalized spacial score (nSPS) is 13.3. The van der Waals surface area contributed by atoms with E-state index >= 15 is 0 Å². The molecule has 1 aromatic carbocycles. The van der Waals surface area contributed by atoms with E-state index in [4.69, 9.17) is 18.9 Å². The van der Waals surface area contributed by atoms with Gasteiger partial charge in [0.05, 0.1) is 21.3 Å². The van der Waals surface area contributed by atoms with Crippen molar-refractivity contribution >= 4 is 5.97 Å². The average Bonchev–Trinajstić information content (AvgIpc) is 2.43. The molecule has 0 unspecified atom stereocenters. The molecule has 0 aliphatic heterocycles. The summed E-state index contributed by atoms with van der Waals surface area (Å²) in [5.74, 6) is 0.835. The van der Waals surface area contributed by atoms with Crippen LogP contribution in [0.1, 0.15) is 25.5 Å². The minimum atomic E-state index is -0.993. The number of carbonyl (C=O) groups is 1. The molecule has 0 radical (unpaired) electrons. The second kappa shape index (κ2) is 7.00. The van der Waals surface area contributed by atoms with Crippen LogP contribution in [0.2, 0.25) is 0 Å². The van der Waals surface area contributed by atoms with Crippen LogP contribution in [-0.4, -0.2) is 38.5 Å². The summed E-state index contributed by atoms with van der Waals surface area (Å²) in [6.45, 7) is 2.90. The van der Waals surface area contributed by atoms with E-state index in [1.807, 2.05) is 0 Å². The first-order valence-electron chi connectivity index (χ1n) is 6.09. The minimum Gasteiger partial charge on any atom is -0.493 e. The Labute approximate surface area is 118 Å². The first-order chi connectivity index (χ1) is 9.44. The molecular formula is C14H20O6. The molecule has 1 aromatic rings. The number of methoxy groups -OCH3 is 3. The van der Waals surface area contributed by atoms with E-state index in [9.17, 15) is 9.90 Å². The molecule has 6 nitrogen and oxygen atoms in total. The average molecular weight is 284 g/mol. The van der Waals surface area contributed by atoms with Crippen molar-refractivity contribution in [3.05, 3.63) is 17.7 Å². The number of hydrogen-bond acceptors (Lipinski definition) is 6. The number of carbonyl (C=O) groups excluding carboxylic acids is 1. The number of rotatable bonds is 6. The first-order valence-corrected chi connectivity index (χ1v) is 6.09. The topological polar surface area (TPSA) is 74.2 Å². The van der Waals surface area contributed by atoms with Crippen LogP contribution >= 0.6 is 0 Å². The Hall–Kier alpha value is -1.95. The van der Waals surface area contributed by atoms with E-state index < -0.39 is 18.2 Å². The van der Waals surface area contributed by atoms with Gasteiger partial charge in [-0.05, 0) is 24.6 Å². The van der Waals surface area contributed by atoms with Gasteiger partial charge in [0, 0.05) is 6.92 Å². The Morgan fingerprint density at radius 1 is 1.10 bits per heavy atom. The standard InChI is InChI=1S/C14H20O6/c1-8(20-9(2)15)13(16)10-6-11(17-3)14(19-5)12(7-10)18-4/h6-8,13,16H,1-5H3/t8-,13+/m1/s1. The summed E-state index contributed by atoms with van der Waals surface area (Å²) >= 11 is 0. The maximum Gasteiger partial charge on any atom is 0.302 e. The Balaban J connectivity index is 3.15. The van der Waals surface area contributed by atoms with Crippen LogP contribution in [0, 0.1) is 0 Å². The largest absolute Gasteiger partial charge is 0.493 e. The van der Waals surface area contributed by atoms with E-state index in [0.717, 1.165) is 0 Å². The van der Waals surface area contributed by atoms with Crippen molar-refractivity contribution in [3.63, 3.8) is 0 Å². The second-order valence-electron chi connectivity index (χ2n) is 4.22. The zero-order chi connectivity index (χ0) is 15.3. The van der Waals surface area contributed by atoms with Crippen molar-refractivity contribution in [2.75, 3.05) is 21.3 Å². The molecule has 0 aromatic heterocycles. The third-order valence-corrected chi connectivity index (χ3v) is 2.83. The minimum absolute atomic E-state index is 0.427. The molecule has 0 fully saturated rings. The monoisotopic (exact) mass is 284 g/mol. The predicted octanol–water partition coefficient (Wildman–Crippen LogP) is 1.70. The zero-order valence-electron chi connectivity index (χ0n) is 12.3. The number of benzene rings is 1. The van der Waals surface area contributed by atoms with E-state index in [1.165, 1.54) is 28.3 Å². The van der Waals surface area contributed by atoms with Crippen LogP contribution in [0.25, 0.3) is 0 Å². The summed E-state index contributed by atoms with van der Waals surface area (Å²) in [6, 6.07) is 3.23. The summed E-state index contributed by atoms with van der Waals surface area (Å²) in [5.41, 5.74) is 0.508. The smallest absolute Gasteiger partial charge is 0.302 e. The van der Waals surface area contributed by atoms with Gasteiger partial charge in [-0.3, -0.25) is 4.79 Å². The second-order valence-corrected chi connectivity index (χ2v) is 4.22. The number of aliphatic hydroxyl groups excluding tert-OH is 1. The highest BCUT2D eigenvalue weighted by atomic mass is 16.6. The lowest BCUT2D eigenvalue weighted by Gasteiger charge is -2.21. The lowest BCUT2D eigenvalue weighted by atomic mass is 10.0. The van der Waals surface area contributed by atoms with E-state index in [2.05, 4.69) is 0 Å². The highest BCUT2D eigenvalue weighted by molar-refractivity contribution is 5.66. The van der Waals surface area contributed by atoms with Gasteiger partial charge in [0.15, 0.2) is 11.5 Å². The fraction of sp³-hybridized carbons (Fsp3) is 0.500. The fourth-order valence-corrected chi connectivity index (χ4v) is 1.87. The molecule has 0 amide bonds. The molecule has 112 valence electrons. The molecule has 1 N–H and O–H groups in total. The van der Waals surface area contributed by atoms with Gasteiger partial charge in [0.25, 0.3) is 0 Å². The Bertz CT molecular complexity index is 446. The molecule has 0 aliphatic rings. The van der Waals surface area contributed by atoms with Gasteiger partial charge >= 0.3 is 5.97 Å². The molecule has 1 rings (SSSR count). The lowest BCUT2D eigenvalue weighted by molar-refractivity contribution is -0.151. The fourth-order valence-electron chi connectivity index (χ4n) is 1.87. The molecule has 20 heavy (non-hydrogen) atoms. The highest BCUT2D eigenvalue weighted by Crippen LogP contribution is 2.40. The van der Waals surface area contributed by atoms with Crippen LogP contribution in [0.15, 0.2) is 12.1 Å². The van der Waals surface area contributed by atoms with Crippen LogP contribution < -0.4 is 14.2 Å². The maximum atomic E-state index is 10.9. The molecule has 0 spiro atoms. The Kier molecular flexibility index (Phi) is 5.64. The summed E-state index contributed by atoms with van der Waals surface area (Å²) in [4.78, 5) is 10.9. The van der Waals surface area contributed by atoms with E-state index in [0.29, 0.717) is 22.8 Å². The first kappa shape index (κ1) is 16.1. The summed E-state index contributed by atoms with van der Waals surface area (Å²) in [7, 11) is 4.48. The van der Waals surface area contributed by atoms with Gasteiger partial charge in [-0.25, -0.2) is 0 Å². The third-order valence-electron chi connectivity index (χ3n) is 2.83. The van der Waals surface area contributed by atoms with Gasteiger partial charge < -0.3 is 24.1 Å². The van der Waals surface area contributed by atoms with E-state index in [-0.39, 0.29) is 0 Å². The third kappa shape index (κ3) is 3.54. The Morgan fingerprint density at radius 3 is 1.95 bits per heavy atom. The molecular weight excluding hydrogens is 264 g/mol. The summed E-state index contributed by atoms with van der Waals surface area (Å²) in [6.07, 6.45) is -1.68. The van der Waals surface area contributed by atoms with Crippen LogP contribution in [-0.2, 0) is 9.53 Å². The summed E-state index contributed by atoms with van der Waals surface area (Å²) in [5, 5.41) is 10.2. The van der Waals surface area contributed by atoms with Crippen molar-refractivity contribution in [2.24, 2.45) is 0 Å². The molecule has 0 heterocycles. The number of ether oxygens (including phenoxy) is 4. The highest BCUT2D eigenvalue weighted by Gasteiger charge is 2.23. The number of esters is 1. The zero-order valence-corrected chi connectivity index (χ0v) is 12.3. The number of aliphatic hydroxyl groups is 1. The van der Waals surface area contributed by atoms with Crippen molar-refractivity contribution in [1.29, 1.82) is 0 Å². The molecule has 0 bridgehead atoms. The van der Waals surface area contributed by atoms with Crippen molar-refractivity contribution in [1.82, 2.24) is 0 Å². The van der Waals surface area contributed by atoms with Gasteiger partial charge in [0.2, 0.25) is 5.75 Å². The van der Waals surface area contributed by atoms with Crippen molar-refractivity contribution < 1.29 is 28.8 Å². The molecule has 6 heteroatoms. The molecule has 0 saturated heterocycles. The Morgan fingerprint density at radius 2 is 1.60 bits per heavy atom.